The van der Waals surface area contributed by atoms with Gasteiger partial charge in [-0.2, -0.15) is 5.21 Å². The van der Waals surface area contributed by atoms with Crippen molar-refractivity contribution in [2.45, 2.75) is 52.9 Å². The van der Waals surface area contributed by atoms with Gasteiger partial charge in [-0.25, -0.2) is 19.5 Å². The maximum Gasteiger partial charge on any atom is 0.264 e. The van der Waals surface area contributed by atoms with Crippen LogP contribution in [0.2, 0.25) is 0 Å². The molecule has 204 valence electrons. The number of aromatic nitrogens is 8. The summed E-state index contributed by atoms with van der Waals surface area (Å²) in [5.41, 5.74) is 5.27. The first-order valence-corrected chi connectivity index (χ1v) is 13.6. The number of hydrogen-bond acceptors (Lipinski definition) is 8. The molecule has 0 aliphatic carbocycles. The number of unbranched alkanes of at least 4 members (excludes halogenated alkanes) is 1. The van der Waals surface area contributed by atoms with E-state index < -0.39 is 0 Å². The molecule has 10 nitrogen and oxygen atoms in total. The summed E-state index contributed by atoms with van der Waals surface area (Å²) in [5.74, 6) is 1.97. The van der Waals surface area contributed by atoms with Crippen molar-refractivity contribution in [3.63, 3.8) is 0 Å². The Kier molecular flexibility index (Phi) is 8.34. The Bertz CT molecular complexity index is 1610. The zero-order valence-electron chi connectivity index (χ0n) is 23.0. The topological polar surface area (TPSA) is 124 Å². The van der Waals surface area contributed by atoms with Crippen LogP contribution in [0.1, 0.15) is 55.8 Å². The maximum atomic E-state index is 13.9. The summed E-state index contributed by atoms with van der Waals surface area (Å²) in [7, 11) is 0. The fraction of sp³-hybridized carbons (Fsp3) is 0.300. The number of hydrogen-bond donors (Lipinski definition) is 1. The predicted octanol–water partition coefficient (Wildman–Crippen LogP) is 4.90. The molecular weight excluding hydrogens is 504 g/mol. The summed E-state index contributed by atoms with van der Waals surface area (Å²) in [4.78, 5) is 27.6. The number of H-pyrrole nitrogens is 1. The summed E-state index contributed by atoms with van der Waals surface area (Å²) >= 11 is 0. The van der Waals surface area contributed by atoms with E-state index in [9.17, 15) is 4.79 Å². The van der Waals surface area contributed by atoms with E-state index in [1.807, 2.05) is 50.2 Å². The lowest BCUT2D eigenvalue weighted by Gasteiger charge is -2.15. The van der Waals surface area contributed by atoms with E-state index in [0.717, 1.165) is 53.6 Å². The zero-order valence-corrected chi connectivity index (χ0v) is 23.0. The normalized spacial score (nSPS) is 11.1. The molecule has 0 saturated heterocycles. The average Bonchev–Trinajstić information content (AvgIpc) is 3.53. The van der Waals surface area contributed by atoms with Gasteiger partial charge >= 0.3 is 0 Å². The third-order valence-electron chi connectivity index (χ3n) is 6.64. The minimum Gasteiger partial charge on any atom is -0.490 e. The molecule has 2 aromatic carbocycles. The average molecular weight is 537 g/mol. The second kappa shape index (κ2) is 12.4. The van der Waals surface area contributed by atoms with Crippen LogP contribution in [0.4, 0.5) is 0 Å². The van der Waals surface area contributed by atoms with Gasteiger partial charge in [0.05, 0.1) is 24.7 Å². The van der Waals surface area contributed by atoms with Crippen LogP contribution in [0.25, 0.3) is 28.5 Å². The summed E-state index contributed by atoms with van der Waals surface area (Å²) in [6, 6.07) is 16.1. The number of nitrogens with one attached hydrogen (secondary N) is 1. The van der Waals surface area contributed by atoms with Gasteiger partial charge in [-0.15, -0.1) is 10.2 Å². The molecule has 0 amide bonds. The number of tetrazole rings is 1. The van der Waals surface area contributed by atoms with Crippen LogP contribution in [0, 0.1) is 6.92 Å². The summed E-state index contributed by atoms with van der Waals surface area (Å²) in [6.45, 7) is 6.57. The Morgan fingerprint density at radius 1 is 0.950 bits per heavy atom. The van der Waals surface area contributed by atoms with Gasteiger partial charge in [0, 0.05) is 17.5 Å². The number of aromatic amines is 1. The molecule has 5 aromatic rings. The van der Waals surface area contributed by atoms with Gasteiger partial charge < -0.3 is 4.74 Å². The van der Waals surface area contributed by atoms with Crippen LogP contribution < -0.4 is 10.3 Å². The molecule has 5 rings (SSSR count). The number of nitrogens with zero attached hydrogens (tertiary/aromatic N) is 7. The van der Waals surface area contributed by atoms with Crippen molar-refractivity contribution in [3.05, 3.63) is 93.9 Å². The lowest BCUT2D eigenvalue weighted by molar-refractivity contribution is 0.314. The van der Waals surface area contributed by atoms with Crippen molar-refractivity contribution in [2.24, 2.45) is 0 Å². The quantitative estimate of drug-likeness (QED) is 0.253. The van der Waals surface area contributed by atoms with Crippen LogP contribution in [-0.4, -0.2) is 46.8 Å². The van der Waals surface area contributed by atoms with E-state index in [-0.39, 0.29) is 11.5 Å². The molecule has 0 bridgehead atoms. The van der Waals surface area contributed by atoms with Gasteiger partial charge in [-0.05, 0) is 48.1 Å². The largest absolute Gasteiger partial charge is 0.490 e. The number of benzene rings is 2. The summed E-state index contributed by atoms with van der Waals surface area (Å²) < 4.78 is 7.09. The molecule has 0 fully saturated rings. The monoisotopic (exact) mass is 536 g/mol. The van der Waals surface area contributed by atoms with E-state index in [2.05, 4.69) is 49.6 Å². The fourth-order valence-corrected chi connectivity index (χ4v) is 4.61. The van der Waals surface area contributed by atoms with Crippen molar-refractivity contribution >= 4 is 0 Å². The molecule has 0 spiro atoms. The predicted molar refractivity (Wildman–Crippen MR) is 152 cm³/mol. The smallest absolute Gasteiger partial charge is 0.264 e. The van der Waals surface area contributed by atoms with Gasteiger partial charge in [-0.1, -0.05) is 68.8 Å². The van der Waals surface area contributed by atoms with E-state index in [4.69, 9.17) is 9.72 Å². The van der Waals surface area contributed by atoms with Gasteiger partial charge in [-0.3, -0.25) is 4.79 Å². The van der Waals surface area contributed by atoms with Crippen LogP contribution in [0.3, 0.4) is 0 Å². The second-order valence-corrected chi connectivity index (χ2v) is 9.55. The Balaban J connectivity index is 1.48. The van der Waals surface area contributed by atoms with Crippen LogP contribution in [0.5, 0.6) is 5.75 Å². The Morgan fingerprint density at radius 3 is 2.38 bits per heavy atom. The molecule has 0 saturated carbocycles. The Morgan fingerprint density at radius 2 is 1.70 bits per heavy atom. The molecule has 0 radical (unpaired) electrons. The van der Waals surface area contributed by atoms with Crippen molar-refractivity contribution in [1.29, 1.82) is 0 Å². The minimum atomic E-state index is -0.146. The first-order chi connectivity index (χ1) is 19.6. The SMILES string of the molecule is CCCCc1nc(C)n(-c2ncc(OCCC)cn2)c(=O)c1Cc1ccc(-c2ccccc2-c2nn[nH]n2)cc1. The van der Waals surface area contributed by atoms with Crippen molar-refractivity contribution in [2.75, 3.05) is 6.61 Å². The molecule has 0 aliphatic rings. The van der Waals surface area contributed by atoms with Crippen LogP contribution >= 0.6 is 0 Å². The Hall–Kier alpha value is -4.73. The highest BCUT2D eigenvalue weighted by atomic mass is 16.5. The summed E-state index contributed by atoms with van der Waals surface area (Å²) in [5, 5.41) is 14.5. The third kappa shape index (κ3) is 5.80. The highest BCUT2D eigenvalue weighted by Gasteiger charge is 2.18. The fourth-order valence-electron chi connectivity index (χ4n) is 4.61. The molecule has 3 aromatic heterocycles. The number of aryl methyl sites for hydroxylation is 2. The molecular formula is C30H32N8O2. The van der Waals surface area contributed by atoms with E-state index in [0.29, 0.717) is 36.0 Å². The number of rotatable bonds is 11. The molecule has 1 N–H and O–H groups in total. The molecule has 0 aliphatic heterocycles. The standard InChI is InChI=1S/C30H32N8O2/c1-4-6-11-27-26(29(39)38(20(3)33-27)30-31-18-23(19-32-30)40-16-5-2)17-21-12-14-22(15-13-21)24-9-7-8-10-25(24)28-34-36-37-35-28/h7-10,12-15,18-19H,4-6,11,16-17H2,1-3H3,(H,34,35,36,37). The molecule has 0 atom stereocenters. The third-order valence-corrected chi connectivity index (χ3v) is 6.64. The van der Waals surface area contributed by atoms with Crippen molar-refractivity contribution < 1.29 is 4.74 Å². The van der Waals surface area contributed by atoms with Crippen LogP contribution in [0.15, 0.2) is 65.7 Å². The maximum absolute atomic E-state index is 13.9. The Labute approximate surface area is 232 Å². The van der Waals surface area contributed by atoms with E-state index >= 15 is 0 Å². The highest BCUT2D eigenvalue weighted by molar-refractivity contribution is 5.80. The second-order valence-electron chi connectivity index (χ2n) is 9.55. The number of ether oxygens (including phenoxy) is 1. The molecule has 40 heavy (non-hydrogen) atoms. The molecule has 0 unspecified atom stereocenters. The van der Waals surface area contributed by atoms with Crippen molar-refractivity contribution in [3.8, 4) is 34.2 Å². The van der Waals surface area contributed by atoms with E-state index in [1.54, 1.807) is 12.4 Å². The minimum absolute atomic E-state index is 0.146. The van der Waals surface area contributed by atoms with Gasteiger partial charge in [0.15, 0.2) is 5.75 Å². The molecule has 10 heteroatoms. The van der Waals surface area contributed by atoms with Gasteiger partial charge in [0.1, 0.15) is 5.82 Å². The zero-order chi connectivity index (χ0) is 27.9. The summed E-state index contributed by atoms with van der Waals surface area (Å²) in [6.07, 6.45) is 7.24. The lowest BCUT2D eigenvalue weighted by Crippen LogP contribution is -2.29. The highest BCUT2D eigenvalue weighted by Crippen LogP contribution is 2.30. The van der Waals surface area contributed by atoms with E-state index in [1.165, 1.54) is 4.57 Å². The lowest BCUT2D eigenvalue weighted by atomic mass is 9.96. The first kappa shape index (κ1) is 26.9. The van der Waals surface area contributed by atoms with Crippen LogP contribution in [-0.2, 0) is 12.8 Å². The first-order valence-electron chi connectivity index (χ1n) is 13.6. The van der Waals surface area contributed by atoms with Gasteiger partial charge in [0.25, 0.3) is 5.56 Å². The van der Waals surface area contributed by atoms with Crippen molar-refractivity contribution in [1.82, 2.24) is 40.1 Å². The molecule has 3 heterocycles. The van der Waals surface area contributed by atoms with Gasteiger partial charge in [0.2, 0.25) is 11.8 Å².